The number of carbonyl (C=O) groups is 1. The molecule has 0 saturated heterocycles. The van der Waals surface area contributed by atoms with E-state index in [1.165, 1.54) is 24.4 Å². The summed E-state index contributed by atoms with van der Waals surface area (Å²) < 4.78 is 0.613. The molecular weight excluding hydrogens is 374 g/mol. The van der Waals surface area contributed by atoms with Crippen LogP contribution in [0.25, 0.3) is 11.0 Å². The summed E-state index contributed by atoms with van der Waals surface area (Å²) in [5, 5.41) is 39.8. The van der Waals surface area contributed by atoms with Gasteiger partial charge in [-0.2, -0.15) is 10.4 Å². The van der Waals surface area contributed by atoms with Crippen molar-refractivity contribution >= 4 is 29.1 Å². The lowest BCUT2D eigenvalue weighted by atomic mass is 10.1. The number of anilines is 1. The summed E-state index contributed by atoms with van der Waals surface area (Å²) in [5.74, 6) is -0.486. The Morgan fingerprint density at radius 2 is 1.93 bits per heavy atom. The zero-order valence-electron chi connectivity index (χ0n) is 15.2. The number of carbonyl (C=O) groups excluding carboxylic acids is 1. The van der Waals surface area contributed by atoms with Crippen LogP contribution in [0.5, 0.6) is 0 Å². The molecule has 0 aliphatic carbocycles. The Morgan fingerprint density at radius 1 is 1.17 bits per heavy atom. The van der Waals surface area contributed by atoms with Crippen LogP contribution >= 0.6 is 0 Å². The summed E-state index contributed by atoms with van der Waals surface area (Å²) >= 11 is 0. The molecule has 2 amide bonds. The molecule has 10 nitrogen and oxygen atoms in total. The van der Waals surface area contributed by atoms with Gasteiger partial charge in [-0.15, -0.1) is 4.73 Å². The molecular formula is C19H17N7O3. The first-order chi connectivity index (χ1) is 14.0. The maximum Gasteiger partial charge on any atom is 0.385 e. The molecule has 0 aliphatic heterocycles. The number of nitrogens with two attached hydrogens (primary N) is 1. The number of nitrogens with one attached hydrogen (secondary N) is 2. The first-order valence-electron chi connectivity index (χ1n) is 8.60. The molecule has 10 heteroatoms. The molecule has 0 aliphatic rings. The number of fused-ring (bicyclic) bond motifs is 1. The van der Waals surface area contributed by atoms with Crippen molar-refractivity contribution in [1.29, 1.82) is 5.26 Å². The van der Waals surface area contributed by atoms with E-state index in [0.29, 0.717) is 28.0 Å². The predicted octanol–water partition coefficient (Wildman–Crippen LogP) is 0.436. The number of rotatable bonds is 5. The number of hydrogen-bond acceptors (Lipinski definition) is 6. The number of benzene rings is 2. The maximum absolute atomic E-state index is 12.2. The molecule has 0 fully saturated rings. The Kier molecular flexibility index (Phi) is 5.70. The third-order valence-electron chi connectivity index (χ3n) is 4.13. The number of nitrogens with zero attached hydrogens (tertiary/aromatic N) is 4. The highest BCUT2D eigenvalue weighted by Gasteiger charge is 2.23. The van der Waals surface area contributed by atoms with E-state index in [1.807, 2.05) is 30.3 Å². The first kappa shape index (κ1) is 19.4. The van der Waals surface area contributed by atoms with Gasteiger partial charge in [0.25, 0.3) is 5.52 Å². The van der Waals surface area contributed by atoms with Crippen molar-refractivity contribution in [2.24, 2.45) is 5.10 Å². The van der Waals surface area contributed by atoms with Gasteiger partial charge in [-0.05, 0) is 23.6 Å². The summed E-state index contributed by atoms with van der Waals surface area (Å²) in [6.45, 7) is 0.446. The minimum Gasteiger partial charge on any atom is -0.710 e. The van der Waals surface area contributed by atoms with E-state index < -0.39 is 17.5 Å². The monoisotopic (exact) mass is 391 g/mol. The van der Waals surface area contributed by atoms with Crippen molar-refractivity contribution in [3.8, 4) is 6.07 Å². The topological polar surface area (TPSA) is 157 Å². The van der Waals surface area contributed by atoms with E-state index in [0.717, 1.165) is 5.56 Å². The average molecular weight is 391 g/mol. The van der Waals surface area contributed by atoms with Crippen molar-refractivity contribution in [1.82, 2.24) is 10.7 Å². The van der Waals surface area contributed by atoms with Crippen LogP contribution in [-0.2, 0) is 6.42 Å². The molecule has 0 atom stereocenters. The molecule has 0 bridgehead atoms. The molecule has 3 aromatic rings. The van der Waals surface area contributed by atoms with E-state index in [9.17, 15) is 15.2 Å². The zero-order chi connectivity index (χ0) is 20.8. The second kappa shape index (κ2) is 8.53. The Labute approximate surface area is 165 Å². The first-order valence-corrected chi connectivity index (χ1v) is 8.60. The molecule has 0 unspecified atom stereocenters. The van der Waals surface area contributed by atoms with Gasteiger partial charge in [0.15, 0.2) is 6.07 Å². The fourth-order valence-corrected chi connectivity index (χ4v) is 2.68. The minimum absolute atomic E-state index is 0.00508. The van der Waals surface area contributed by atoms with Crippen molar-refractivity contribution in [2.75, 3.05) is 12.3 Å². The predicted molar refractivity (Wildman–Crippen MR) is 105 cm³/mol. The normalized spacial score (nSPS) is 10.7. The van der Waals surface area contributed by atoms with Crippen LogP contribution in [0, 0.1) is 21.7 Å². The third-order valence-corrected chi connectivity index (χ3v) is 4.13. The number of hydrazone groups is 1. The third kappa shape index (κ3) is 4.30. The Morgan fingerprint density at radius 3 is 2.66 bits per heavy atom. The van der Waals surface area contributed by atoms with Crippen LogP contribution in [0.2, 0.25) is 0 Å². The molecule has 0 spiro atoms. The number of urea groups is 1. The summed E-state index contributed by atoms with van der Waals surface area (Å²) in [4.78, 5) is 11.8. The summed E-state index contributed by atoms with van der Waals surface area (Å²) in [6.07, 6.45) is 2.01. The van der Waals surface area contributed by atoms with E-state index in [4.69, 9.17) is 11.0 Å². The van der Waals surface area contributed by atoms with Crippen molar-refractivity contribution in [2.45, 2.75) is 6.42 Å². The van der Waals surface area contributed by atoms with Gasteiger partial charge in [-0.25, -0.2) is 15.0 Å². The van der Waals surface area contributed by atoms with Crippen molar-refractivity contribution < 1.29 is 14.3 Å². The second-order valence-corrected chi connectivity index (χ2v) is 6.04. The fraction of sp³-hybridized carbons (Fsp3) is 0.105. The second-order valence-electron chi connectivity index (χ2n) is 6.04. The summed E-state index contributed by atoms with van der Waals surface area (Å²) in [6, 6.07) is 15.1. The van der Waals surface area contributed by atoms with Crippen molar-refractivity contribution in [3.63, 3.8) is 0 Å². The van der Waals surface area contributed by atoms with Gasteiger partial charge in [0.1, 0.15) is 0 Å². The van der Waals surface area contributed by atoms with Crippen LogP contribution in [-0.4, -0.2) is 18.8 Å². The lowest BCUT2D eigenvalue weighted by Crippen LogP contribution is -2.43. The maximum atomic E-state index is 12.2. The highest BCUT2D eigenvalue weighted by atomic mass is 16.5. The van der Waals surface area contributed by atoms with Crippen LogP contribution in [0.1, 0.15) is 16.8 Å². The molecule has 3 rings (SSSR count). The zero-order valence-corrected chi connectivity index (χ0v) is 15.2. The lowest BCUT2D eigenvalue weighted by Gasteiger charge is -2.10. The number of nitrogen functional groups attached to an aromatic ring is 1. The molecule has 2 aromatic carbocycles. The van der Waals surface area contributed by atoms with Crippen LogP contribution in [0.15, 0.2) is 53.6 Å². The van der Waals surface area contributed by atoms with Gasteiger partial charge in [-0.1, -0.05) is 30.3 Å². The van der Waals surface area contributed by atoms with Gasteiger partial charge in [0.05, 0.1) is 6.21 Å². The van der Waals surface area contributed by atoms with Gasteiger partial charge in [0, 0.05) is 18.7 Å². The Hall–Kier alpha value is -4.39. The SMILES string of the molecule is N#Cc1c(N)[n+]([O-])c2cc(/C=N/NC(=O)NCCc3ccccc3)ccc2[n+]1[O-]. The number of hydrogen-bond donors (Lipinski definition) is 3. The average Bonchev–Trinajstić information content (AvgIpc) is 2.73. The quantitative estimate of drug-likeness (QED) is 0.249. The van der Waals surface area contributed by atoms with Gasteiger partial charge >= 0.3 is 17.5 Å². The van der Waals surface area contributed by atoms with E-state index in [1.54, 1.807) is 6.07 Å². The summed E-state index contributed by atoms with van der Waals surface area (Å²) in [5.41, 5.74) is 8.93. The minimum atomic E-state index is -0.486. The molecule has 146 valence electrons. The Bertz CT molecular complexity index is 1120. The number of amides is 2. The highest BCUT2D eigenvalue weighted by Crippen LogP contribution is 2.12. The molecule has 29 heavy (non-hydrogen) atoms. The molecule has 4 N–H and O–H groups in total. The number of aromatic nitrogens is 2. The largest absolute Gasteiger partial charge is 0.710 e. The standard InChI is InChI=1S/C19H17N7O3/c20-11-17-18(21)26(29)16-10-14(6-7-15(16)25(17)28)12-23-24-19(27)22-9-8-13-4-2-1-3-5-13/h1-7,10,12H,8-9,21H2,(H2,22,24,27)/b23-12+. The Balaban J connectivity index is 1.64. The van der Waals surface area contributed by atoms with Crippen LogP contribution in [0.4, 0.5) is 10.6 Å². The molecule has 1 aromatic heterocycles. The van der Waals surface area contributed by atoms with Gasteiger partial charge in [0.2, 0.25) is 5.52 Å². The van der Waals surface area contributed by atoms with Crippen molar-refractivity contribution in [3.05, 3.63) is 75.8 Å². The smallest absolute Gasteiger partial charge is 0.385 e. The molecule has 0 radical (unpaired) electrons. The van der Waals surface area contributed by atoms with Gasteiger partial charge in [-0.3, -0.25) is 5.73 Å². The van der Waals surface area contributed by atoms with E-state index >= 15 is 0 Å². The molecule has 1 heterocycles. The fourth-order valence-electron chi connectivity index (χ4n) is 2.68. The summed E-state index contributed by atoms with van der Waals surface area (Å²) in [7, 11) is 0. The van der Waals surface area contributed by atoms with Crippen LogP contribution in [0.3, 0.4) is 0 Å². The number of nitriles is 1. The van der Waals surface area contributed by atoms with Crippen LogP contribution < -0.4 is 25.9 Å². The highest BCUT2D eigenvalue weighted by molar-refractivity contribution is 5.86. The lowest BCUT2D eigenvalue weighted by molar-refractivity contribution is -0.620. The van der Waals surface area contributed by atoms with Gasteiger partial charge < -0.3 is 15.7 Å². The van der Waals surface area contributed by atoms with E-state index in [2.05, 4.69) is 15.8 Å². The van der Waals surface area contributed by atoms with E-state index in [-0.39, 0.29) is 11.0 Å². The molecule has 0 saturated carbocycles.